The van der Waals surface area contributed by atoms with E-state index in [1.54, 1.807) is 12.1 Å². The molecule has 0 atom stereocenters. The van der Waals surface area contributed by atoms with Gasteiger partial charge in [-0.3, -0.25) is 4.98 Å². The van der Waals surface area contributed by atoms with Crippen LogP contribution in [0, 0.1) is 11.6 Å². The topological polar surface area (TPSA) is 48.1 Å². The summed E-state index contributed by atoms with van der Waals surface area (Å²) in [5.74, 6) is -0.990. The fraction of sp³-hybridized carbons (Fsp3) is 0.0833. The van der Waals surface area contributed by atoms with Gasteiger partial charge in [0.2, 0.25) is 0 Å². The molecule has 0 aliphatic heterocycles. The van der Waals surface area contributed by atoms with Gasteiger partial charge < -0.3 is 10.5 Å². The first-order valence-corrected chi connectivity index (χ1v) is 4.97. The summed E-state index contributed by atoms with van der Waals surface area (Å²) < 4.78 is 31.4. The van der Waals surface area contributed by atoms with E-state index in [1.807, 2.05) is 0 Å². The Bertz CT molecular complexity index is 532. The molecule has 0 amide bonds. The van der Waals surface area contributed by atoms with E-state index in [-0.39, 0.29) is 12.3 Å². The third kappa shape index (κ3) is 2.76. The van der Waals surface area contributed by atoms with Crippen molar-refractivity contribution in [1.82, 2.24) is 4.98 Å². The molecule has 1 aromatic carbocycles. The molecule has 0 spiro atoms. The molecule has 88 valence electrons. The molecule has 2 N–H and O–H groups in total. The molecule has 0 radical (unpaired) electrons. The van der Waals surface area contributed by atoms with Crippen LogP contribution in [0.2, 0.25) is 0 Å². The van der Waals surface area contributed by atoms with E-state index in [9.17, 15) is 8.78 Å². The number of ether oxygens (including phenoxy) is 1. The number of nitrogens with zero attached hydrogens (tertiary/aromatic N) is 1. The Morgan fingerprint density at radius 2 is 2.00 bits per heavy atom. The molecule has 1 heterocycles. The minimum absolute atomic E-state index is 0.167. The van der Waals surface area contributed by atoms with Crippen LogP contribution in [0.3, 0.4) is 0 Å². The van der Waals surface area contributed by atoms with Crippen LogP contribution in [0.5, 0.6) is 11.5 Å². The molecule has 0 unspecified atom stereocenters. The molecule has 5 heteroatoms. The third-order valence-corrected chi connectivity index (χ3v) is 2.12. The highest BCUT2D eigenvalue weighted by Crippen LogP contribution is 2.25. The van der Waals surface area contributed by atoms with Gasteiger partial charge in [-0.15, -0.1) is 0 Å². The molecule has 0 aliphatic rings. The maximum Gasteiger partial charge on any atom is 0.165 e. The highest BCUT2D eigenvalue weighted by molar-refractivity contribution is 5.32. The van der Waals surface area contributed by atoms with E-state index in [4.69, 9.17) is 10.5 Å². The second kappa shape index (κ2) is 4.88. The Morgan fingerprint density at radius 3 is 2.76 bits per heavy atom. The lowest BCUT2D eigenvalue weighted by atomic mass is 10.3. The maximum absolute atomic E-state index is 13.3. The molecule has 2 rings (SSSR count). The first-order valence-electron chi connectivity index (χ1n) is 4.97. The zero-order valence-electron chi connectivity index (χ0n) is 8.86. The molecule has 0 fully saturated rings. The zero-order valence-corrected chi connectivity index (χ0v) is 8.86. The lowest BCUT2D eigenvalue weighted by Crippen LogP contribution is -1.99. The predicted octanol–water partition coefficient (Wildman–Crippen LogP) is 2.61. The lowest BCUT2D eigenvalue weighted by Gasteiger charge is -2.07. The van der Waals surface area contributed by atoms with Gasteiger partial charge in [-0.05, 0) is 18.2 Å². The maximum atomic E-state index is 13.3. The molecule has 0 aliphatic carbocycles. The number of pyridine rings is 1. The Balaban J connectivity index is 2.27. The fourth-order valence-corrected chi connectivity index (χ4v) is 1.31. The number of hydrogen-bond donors (Lipinski definition) is 1. The largest absolute Gasteiger partial charge is 0.454 e. The Morgan fingerprint density at radius 1 is 1.18 bits per heavy atom. The quantitative estimate of drug-likeness (QED) is 0.891. The molecule has 17 heavy (non-hydrogen) atoms. The van der Waals surface area contributed by atoms with Gasteiger partial charge in [-0.1, -0.05) is 0 Å². The first-order chi connectivity index (χ1) is 8.19. The van der Waals surface area contributed by atoms with Crippen molar-refractivity contribution in [2.24, 2.45) is 5.73 Å². The monoisotopic (exact) mass is 236 g/mol. The van der Waals surface area contributed by atoms with Crippen molar-refractivity contribution in [3.63, 3.8) is 0 Å². The van der Waals surface area contributed by atoms with E-state index < -0.39 is 11.6 Å². The van der Waals surface area contributed by atoms with E-state index in [0.29, 0.717) is 11.4 Å². The van der Waals surface area contributed by atoms with Crippen LogP contribution in [-0.2, 0) is 6.54 Å². The summed E-state index contributed by atoms with van der Waals surface area (Å²) in [4.78, 5) is 3.97. The van der Waals surface area contributed by atoms with Crippen molar-refractivity contribution >= 4 is 0 Å². The van der Waals surface area contributed by atoms with E-state index in [1.165, 1.54) is 6.20 Å². The normalized spacial score (nSPS) is 10.3. The van der Waals surface area contributed by atoms with Crippen LogP contribution in [0.15, 0.2) is 36.5 Å². The Hall–Kier alpha value is -2.01. The van der Waals surface area contributed by atoms with E-state index in [2.05, 4.69) is 4.98 Å². The van der Waals surface area contributed by atoms with Crippen molar-refractivity contribution in [2.75, 3.05) is 0 Å². The van der Waals surface area contributed by atoms with Crippen LogP contribution in [-0.4, -0.2) is 4.98 Å². The number of hydrogen-bond acceptors (Lipinski definition) is 3. The van der Waals surface area contributed by atoms with Crippen molar-refractivity contribution in [3.05, 3.63) is 53.9 Å². The smallest absolute Gasteiger partial charge is 0.165 e. The minimum Gasteiger partial charge on any atom is -0.454 e. The zero-order chi connectivity index (χ0) is 12.3. The van der Waals surface area contributed by atoms with Crippen molar-refractivity contribution in [1.29, 1.82) is 0 Å². The highest BCUT2D eigenvalue weighted by atomic mass is 19.1. The number of rotatable bonds is 3. The summed E-state index contributed by atoms with van der Waals surface area (Å²) >= 11 is 0. The summed E-state index contributed by atoms with van der Waals surface area (Å²) in [5.41, 5.74) is 6.02. The third-order valence-electron chi connectivity index (χ3n) is 2.12. The first kappa shape index (κ1) is 11.5. The summed E-state index contributed by atoms with van der Waals surface area (Å²) in [5, 5.41) is 0. The van der Waals surface area contributed by atoms with Gasteiger partial charge in [0, 0.05) is 24.9 Å². The second-order valence-corrected chi connectivity index (χ2v) is 3.36. The van der Waals surface area contributed by atoms with Crippen LogP contribution in [0.4, 0.5) is 8.78 Å². The van der Waals surface area contributed by atoms with Crippen LogP contribution in [0.1, 0.15) is 5.69 Å². The summed E-state index contributed by atoms with van der Waals surface area (Å²) in [6, 6.07) is 6.14. The minimum atomic E-state index is -0.627. The molecule has 3 nitrogen and oxygen atoms in total. The fourth-order valence-electron chi connectivity index (χ4n) is 1.31. The average Bonchev–Trinajstić information content (AvgIpc) is 2.34. The number of halogens is 2. The molecule has 1 aromatic heterocycles. The summed E-state index contributed by atoms with van der Waals surface area (Å²) in [7, 11) is 0. The Labute approximate surface area is 96.9 Å². The van der Waals surface area contributed by atoms with Gasteiger partial charge in [0.15, 0.2) is 11.6 Å². The van der Waals surface area contributed by atoms with Crippen LogP contribution < -0.4 is 10.5 Å². The Kier molecular flexibility index (Phi) is 3.30. The van der Waals surface area contributed by atoms with E-state index in [0.717, 1.165) is 18.2 Å². The highest BCUT2D eigenvalue weighted by Gasteiger charge is 2.06. The number of benzene rings is 1. The summed E-state index contributed by atoms with van der Waals surface area (Å²) in [6.45, 7) is 0.253. The average molecular weight is 236 g/mol. The molecular formula is C12H10F2N2O. The molecule has 2 aromatic rings. The van der Waals surface area contributed by atoms with Gasteiger partial charge in [0.25, 0.3) is 0 Å². The van der Waals surface area contributed by atoms with Crippen molar-refractivity contribution in [3.8, 4) is 11.5 Å². The second-order valence-electron chi connectivity index (χ2n) is 3.36. The molecule has 0 saturated heterocycles. The lowest BCUT2D eigenvalue weighted by molar-refractivity contribution is 0.435. The van der Waals surface area contributed by atoms with Crippen LogP contribution >= 0.6 is 0 Å². The number of nitrogens with two attached hydrogens (primary N) is 1. The number of aromatic nitrogens is 1. The molecule has 0 saturated carbocycles. The van der Waals surface area contributed by atoms with E-state index >= 15 is 0 Å². The van der Waals surface area contributed by atoms with Gasteiger partial charge in [0.1, 0.15) is 11.6 Å². The van der Waals surface area contributed by atoms with Gasteiger partial charge in [-0.2, -0.15) is 0 Å². The van der Waals surface area contributed by atoms with Crippen LogP contribution in [0.25, 0.3) is 0 Å². The molecular weight excluding hydrogens is 226 g/mol. The predicted molar refractivity (Wildman–Crippen MR) is 58.6 cm³/mol. The SMILES string of the molecule is NCc1cc(Oc2cc(F)ccc2F)ccn1. The van der Waals surface area contributed by atoms with Crippen molar-refractivity contribution < 1.29 is 13.5 Å². The standard InChI is InChI=1S/C12H10F2N2O/c13-8-1-2-11(14)12(5-8)17-10-3-4-16-9(6-10)7-15/h1-6H,7,15H2. The van der Waals surface area contributed by atoms with Gasteiger partial charge in [-0.25, -0.2) is 8.78 Å². The van der Waals surface area contributed by atoms with Crippen molar-refractivity contribution in [2.45, 2.75) is 6.54 Å². The summed E-state index contributed by atoms with van der Waals surface area (Å²) in [6.07, 6.45) is 1.49. The molecule has 0 bridgehead atoms. The van der Waals surface area contributed by atoms with Gasteiger partial charge in [0.05, 0.1) is 5.69 Å². The van der Waals surface area contributed by atoms with Gasteiger partial charge >= 0.3 is 0 Å².